The second-order valence-corrected chi connectivity index (χ2v) is 3.72. The van der Waals surface area contributed by atoms with Crippen molar-refractivity contribution in [1.29, 1.82) is 0 Å². The number of ether oxygens (including phenoxy) is 1. The molecule has 0 aliphatic heterocycles. The fourth-order valence-corrected chi connectivity index (χ4v) is 1.49. The van der Waals surface area contributed by atoms with E-state index in [1.54, 1.807) is 6.26 Å². The fourth-order valence-electron chi connectivity index (χ4n) is 1.49. The molecule has 0 aliphatic carbocycles. The highest BCUT2D eigenvalue weighted by Crippen LogP contribution is 2.10. The molecule has 0 fully saturated rings. The van der Waals surface area contributed by atoms with Crippen LogP contribution in [0.4, 0.5) is 0 Å². The molecule has 0 saturated heterocycles. The summed E-state index contributed by atoms with van der Waals surface area (Å²) in [4.78, 5) is 0. The van der Waals surface area contributed by atoms with E-state index in [1.807, 2.05) is 24.3 Å². The van der Waals surface area contributed by atoms with Crippen molar-refractivity contribution in [3.63, 3.8) is 0 Å². The summed E-state index contributed by atoms with van der Waals surface area (Å²) in [5.41, 5.74) is 0. The van der Waals surface area contributed by atoms with E-state index < -0.39 is 0 Å². The van der Waals surface area contributed by atoms with Crippen molar-refractivity contribution in [3.05, 3.63) is 47.8 Å². The first-order valence-electron chi connectivity index (χ1n) is 5.77. The van der Waals surface area contributed by atoms with Crippen molar-refractivity contribution in [3.8, 4) is 0 Å². The third kappa shape index (κ3) is 3.76. The van der Waals surface area contributed by atoms with E-state index in [-0.39, 0.29) is 0 Å². The molecule has 92 valence electrons. The first kappa shape index (κ1) is 12.0. The Morgan fingerprint density at radius 3 is 2.71 bits per heavy atom. The molecule has 4 heteroatoms. The zero-order valence-corrected chi connectivity index (χ0v) is 9.94. The summed E-state index contributed by atoms with van der Waals surface area (Å²) in [6, 6.07) is 7.64. The number of furan rings is 2. The van der Waals surface area contributed by atoms with Gasteiger partial charge in [-0.05, 0) is 30.8 Å². The van der Waals surface area contributed by atoms with Gasteiger partial charge in [0.15, 0.2) is 0 Å². The fraction of sp³-hybridized carbons (Fsp3) is 0.385. The lowest BCUT2D eigenvalue weighted by molar-refractivity contribution is 0.0795. The molecule has 1 N–H and O–H groups in total. The molecule has 2 rings (SSSR count). The maximum absolute atomic E-state index is 5.59. The van der Waals surface area contributed by atoms with E-state index >= 15 is 0 Å². The molecular weight excluding hydrogens is 218 g/mol. The molecule has 17 heavy (non-hydrogen) atoms. The third-order valence-electron chi connectivity index (χ3n) is 2.34. The highest BCUT2D eigenvalue weighted by atomic mass is 16.5. The maximum atomic E-state index is 5.59. The van der Waals surface area contributed by atoms with Gasteiger partial charge in [0.05, 0.1) is 12.8 Å². The second kappa shape index (κ2) is 6.27. The predicted molar refractivity (Wildman–Crippen MR) is 63.3 cm³/mol. The standard InChI is InChI=1S/C13H17NO3/c1-2-14-8-11-5-6-13(17-11)10-15-9-12-4-3-7-16-12/h3-7,14H,2,8-10H2,1H3. The molecule has 0 bridgehead atoms. The smallest absolute Gasteiger partial charge is 0.129 e. The van der Waals surface area contributed by atoms with Crippen molar-refractivity contribution in [2.75, 3.05) is 6.54 Å². The summed E-state index contributed by atoms with van der Waals surface area (Å²) in [7, 11) is 0. The van der Waals surface area contributed by atoms with E-state index in [0.29, 0.717) is 13.2 Å². The van der Waals surface area contributed by atoms with Gasteiger partial charge in [0, 0.05) is 0 Å². The molecule has 0 aliphatic rings. The zero-order chi connectivity index (χ0) is 11.9. The molecule has 0 atom stereocenters. The van der Waals surface area contributed by atoms with Crippen LogP contribution in [0.15, 0.2) is 39.4 Å². The van der Waals surface area contributed by atoms with E-state index in [2.05, 4.69) is 12.2 Å². The third-order valence-corrected chi connectivity index (χ3v) is 2.34. The van der Waals surface area contributed by atoms with Crippen LogP contribution in [0.3, 0.4) is 0 Å². The van der Waals surface area contributed by atoms with Crippen molar-refractivity contribution in [2.45, 2.75) is 26.7 Å². The average Bonchev–Trinajstić information content (AvgIpc) is 2.98. The number of hydrogen-bond acceptors (Lipinski definition) is 4. The normalized spacial score (nSPS) is 10.9. The topological polar surface area (TPSA) is 47.5 Å². The lowest BCUT2D eigenvalue weighted by Gasteiger charge is -2.00. The van der Waals surface area contributed by atoms with Crippen LogP contribution >= 0.6 is 0 Å². The second-order valence-electron chi connectivity index (χ2n) is 3.72. The lowest BCUT2D eigenvalue weighted by Crippen LogP contribution is -2.10. The van der Waals surface area contributed by atoms with Gasteiger partial charge in [0.2, 0.25) is 0 Å². The number of nitrogens with one attached hydrogen (secondary N) is 1. The quantitative estimate of drug-likeness (QED) is 0.801. The van der Waals surface area contributed by atoms with E-state index in [0.717, 1.165) is 30.4 Å². The van der Waals surface area contributed by atoms with Crippen molar-refractivity contribution >= 4 is 0 Å². The van der Waals surface area contributed by atoms with Crippen LogP contribution in [0.2, 0.25) is 0 Å². The minimum absolute atomic E-state index is 0.465. The Bertz CT molecular complexity index is 420. The van der Waals surface area contributed by atoms with Crippen molar-refractivity contribution < 1.29 is 13.6 Å². The summed E-state index contributed by atoms with van der Waals surface area (Å²) < 4.78 is 16.2. The molecule has 4 nitrogen and oxygen atoms in total. The van der Waals surface area contributed by atoms with Crippen LogP contribution in [0, 0.1) is 0 Å². The largest absolute Gasteiger partial charge is 0.467 e. The van der Waals surface area contributed by atoms with Gasteiger partial charge in [-0.2, -0.15) is 0 Å². The Hall–Kier alpha value is -1.52. The predicted octanol–water partition coefficient (Wildman–Crippen LogP) is 2.70. The molecule has 0 amide bonds. The van der Waals surface area contributed by atoms with Crippen LogP contribution < -0.4 is 5.32 Å². The number of hydrogen-bond donors (Lipinski definition) is 1. The van der Waals surface area contributed by atoms with Gasteiger partial charge in [0.25, 0.3) is 0 Å². The summed E-state index contributed by atoms with van der Waals surface area (Å²) in [5, 5.41) is 3.21. The summed E-state index contributed by atoms with van der Waals surface area (Å²) in [6.07, 6.45) is 1.64. The Morgan fingerprint density at radius 2 is 1.94 bits per heavy atom. The number of rotatable bonds is 7. The molecule has 0 radical (unpaired) electrons. The Kier molecular flexibility index (Phi) is 4.41. The Morgan fingerprint density at radius 1 is 1.12 bits per heavy atom. The van der Waals surface area contributed by atoms with Gasteiger partial charge in [-0.3, -0.25) is 0 Å². The van der Waals surface area contributed by atoms with E-state index in [4.69, 9.17) is 13.6 Å². The van der Waals surface area contributed by atoms with Gasteiger partial charge >= 0.3 is 0 Å². The molecule has 2 aromatic heterocycles. The lowest BCUT2D eigenvalue weighted by atomic mass is 10.4. The Labute approximate surface area is 101 Å². The summed E-state index contributed by atoms with van der Waals surface area (Å²) >= 11 is 0. The van der Waals surface area contributed by atoms with Gasteiger partial charge in [-0.1, -0.05) is 6.92 Å². The van der Waals surface area contributed by atoms with Gasteiger partial charge in [0.1, 0.15) is 30.5 Å². The first-order valence-corrected chi connectivity index (χ1v) is 5.77. The van der Waals surface area contributed by atoms with Crippen LogP contribution in [-0.4, -0.2) is 6.54 Å². The van der Waals surface area contributed by atoms with Crippen molar-refractivity contribution in [2.24, 2.45) is 0 Å². The molecule has 2 aromatic rings. The molecule has 2 heterocycles. The van der Waals surface area contributed by atoms with Gasteiger partial charge < -0.3 is 18.9 Å². The minimum atomic E-state index is 0.465. The molecule has 0 unspecified atom stereocenters. The van der Waals surface area contributed by atoms with Crippen LogP contribution in [-0.2, 0) is 24.5 Å². The van der Waals surface area contributed by atoms with Crippen molar-refractivity contribution in [1.82, 2.24) is 5.32 Å². The van der Waals surface area contributed by atoms with Gasteiger partial charge in [-0.25, -0.2) is 0 Å². The van der Waals surface area contributed by atoms with Crippen LogP contribution in [0.25, 0.3) is 0 Å². The van der Waals surface area contributed by atoms with E-state index in [9.17, 15) is 0 Å². The first-order chi connectivity index (χ1) is 8.38. The Balaban J connectivity index is 1.73. The highest BCUT2D eigenvalue weighted by Gasteiger charge is 2.02. The maximum Gasteiger partial charge on any atom is 0.129 e. The van der Waals surface area contributed by atoms with Crippen LogP contribution in [0.5, 0.6) is 0 Å². The summed E-state index contributed by atoms with van der Waals surface area (Å²) in [5.74, 6) is 2.59. The van der Waals surface area contributed by atoms with Gasteiger partial charge in [-0.15, -0.1) is 0 Å². The molecule has 0 spiro atoms. The van der Waals surface area contributed by atoms with E-state index in [1.165, 1.54) is 0 Å². The van der Waals surface area contributed by atoms with Crippen LogP contribution in [0.1, 0.15) is 24.2 Å². The average molecular weight is 235 g/mol. The highest BCUT2D eigenvalue weighted by molar-refractivity contribution is 5.06. The molecule has 0 aromatic carbocycles. The zero-order valence-electron chi connectivity index (χ0n) is 9.94. The SMILES string of the molecule is CCNCc1ccc(COCc2ccco2)o1. The summed E-state index contributed by atoms with van der Waals surface area (Å²) in [6.45, 7) is 4.69. The molecular formula is C13H17NO3. The monoisotopic (exact) mass is 235 g/mol. The minimum Gasteiger partial charge on any atom is -0.467 e. The molecule has 0 saturated carbocycles.